The maximum atomic E-state index is 12.5. The first-order chi connectivity index (χ1) is 12.8. The second-order valence-corrected chi connectivity index (χ2v) is 6.21. The molecule has 0 aliphatic rings. The molecule has 0 aliphatic heterocycles. The Morgan fingerprint density at radius 1 is 1.00 bits per heavy atom. The quantitative estimate of drug-likeness (QED) is 0.563. The van der Waals surface area contributed by atoms with Crippen LogP contribution in [-0.4, -0.2) is 27.0 Å². The second kappa shape index (κ2) is 7.27. The standard InChI is InChI=1S/C21H20N4O/c26-21(19-11-6-14-25(19)15-16-7-2-1-3-8-16)22-13-12-20-23-17-9-4-5-10-18(17)24-20/h1-11,14H,12-13,15H2,(H,22,26)(H,23,24). The van der Waals surface area contributed by atoms with Gasteiger partial charge in [-0.25, -0.2) is 4.98 Å². The minimum absolute atomic E-state index is 0.0676. The van der Waals surface area contributed by atoms with E-state index in [0.717, 1.165) is 16.9 Å². The number of hydrogen-bond acceptors (Lipinski definition) is 2. The highest BCUT2D eigenvalue weighted by atomic mass is 16.1. The van der Waals surface area contributed by atoms with E-state index < -0.39 is 0 Å². The number of H-pyrrole nitrogens is 1. The summed E-state index contributed by atoms with van der Waals surface area (Å²) < 4.78 is 1.96. The van der Waals surface area contributed by atoms with Crippen LogP contribution in [0.25, 0.3) is 11.0 Å². The largest absolute Gasteiger partial charge is 0.350 e. The summed E-state index contributed by atoms with van der Waals surface area (Å²) >= 11 is 0. The third kappa shape index (κ3) is 3.52. The van der Waals surface area contributed by atoms with Crippen LogP contribution in [0, 0.1) is 0 Å². The molecule has 4 rings (SSSR count). The van der Waals surface area contributed by atoms with Gasteiger partial charge in [-0.1, -0.05) is 42.5 Å². The number of imidazole rings is 1. The number of para-hydroxylation sites is 2. The number of carbonyl (C=O) groups is 1. The maximum Gasteiger partial charge on any atom is 0.267 e. The zero-order chi connectivity index (χ0) is 17.8. The first kappa shape index (κ1) is 16.1. The number of carbonyl (C=O) groups excluding carboxylic acids is 1. The van der Waals surface area contributed by atoms with E-state index in [1.165, 1.54) is 5.56 Å². The molecule has 0 aliphatic carbocycles. The Morgan fingerprint density at radius 2 is 1.81 bits per heavy atom. The molecule has 5 nitrogen and oxygen atoms in total. The van der Waals surface area contributed by atoms with Gasteiger partial charge in [-0.15, -0.1) is 0 Å². The SMILES string of the molecule is O=C(NCCc1nc2ccccc2[nH]1)c1cccn1Cc1ccccc1. The number of nitrogens with one attached hydrogen (secondary N) is 2. The fraction of sp³-hybridized carbons (Fsp3) is 0.143. The highest BCUT2D eigenvalue weighted by molar-refractivity contribution is 5.92. The lowest BCUT2D eigenvalue weighted by Gasteiger charge is -2.09. The summed E-state index contributed by atoms with van der Waals surface area (Å²) in [5.41, 5.74) is 3.80. The lowest BCUT2D eigenvalue weighted by molar-refractivity contribution is 0.0945. The van der Waals surface area contributed by atoms with E-state index in [4.69, 9.17) is 0 Å². The summed E-state index contributed by atoms with van der Waals surface area (Å²) in [6.45, 7) is 1.22. The van der Waals surface area contributed by atoms with Crippen LogP contribution in [0.1, 0.15) is 21.9 Å². The Kier molecular flexibility index (Phi) is 4.51. The average Bonchev–Trinajstić information content (AvgIpc) is 3.28. The Bertz CT molecular complexity index is 984. The molecule has 2 N–H and O–H groups in total. The predicted octanol–water partition coefficient (Wildman–Crippen LogP) is 3.39. The van der Waals surface area contributed by atoms with Crippen molar-refractivity contribution in [3.63, 3.8) is 0 Å². The minimum atomic E-state index is -0.0676. The van der Waals surface area contributed by atoms with Crippen molar-refractivity contribution in [2.75, 3.05) is 6.54 Å². The molecule has 0 unspecified atom stereocenters. The van der Waals surface area contributed by atoms with Crippen LogP contribution in [0.3, 0.4) is 0 Å². The first-order valence-electron chi connectivity index (χ1n) is 8.70. The van der Waals surface area contributed by atoms with Crippen molar-refractivity contribution >= 4 is 16.9 Å². The molecule has 0 radical (unpaired) electrons. The van der Waals surface area contributed by atoms with Gasteiger partial charge in [-0.2, -0.15) is 0 Å². The average molecular weight is 344 g/mol. The van der Waals surface area contributed by atoms with Crippen LogP contribution >= 0.6 is 0 Å². The summed E-state index contributed by atoms with van der Waals surface area (Å²) in [5.74, 6) is 0.813. The van der Waals surface area contributed by atoms with E-state index in [1.807, 2.05) is 65.4 Å². The van der Waals surface area contributed by atoms with Crippen molar-refractivity contribution in [2.45, 2.75) is 13.0 Å². The normalized spacial score (nSPS) is 10.9. The van der Waals surface area contributed by atoms with E-state index in [1.54, 1.807) is 0 Å². The predicted molar refractivity (Wildman–Crippen MR) is 102 cm³/mol. The Morgan fingerprint density at radius 3 is 2.65 bits per heavy atom. The van der Waals surface area contributed by atoms with Gasteiger partial charge in [0.1, 0.15) is 11.5 Å². The number of nitrogens with zero attached hydrogens (tertiary/aromatic N) is 2. The van der Waals surface area contributed by atoms with Gasteiger partial charge in [-0.3, -0.25) is 4.79 Å². The molecule has 1 amide bonds. The van der Waals surface area contributed by atoms with Gasteiger partial charge in [0.05, 0.1) is 11.0 Å². The van der Waals surface area contributed by atoms with E-state index >= 15 is 0 Å². The number of aromatic amines is 1. The van der Waals surface area contributed by atoms with Gasteiger partial charge in [0.25, 0.3) is 5.91 Å². The molecule has 0 spiro atoms. The number of fused-ring (bicyclic) bond motifs is 1. The van der Waals surface area contributed by atoms with Gasteiger partial charge in [0, 0.05) is 25.7 Å². The van der Waals surface area contributed by atoms with Gasteiger partial charge < -0.3 is 14.9 Å². The number of hydrogen-bond donors (Lipinski definition) is 2. The molecule has 0 atom stereocenters. The fourth-order valence-corrected chi connectivity index (χ4v) is 3.05. The topological polar surface area (TPSA) is 62.7 Å². The van der Waals surface area contributed by atoms with E-state index in [0.29, 0.717) is 25.2 Å². The zero-order valence-corrected chi connectivity index (χ0v) is 14.4. The molecule has 4 aromatic rings. The Balaban J connectivity index is 1.37. The summed E-state index contributed by atoms with van der Waals surface area (Å²) in [6, 6.07) is 21.8. The summed E-state index contributed by atoms with van der Waals surface area (Å²) in [6.07, 6.45) is 2.60. The lowest BCUT2D eigenvalue weighted by Crippen LogP contribution is -2.28. The fourth-order valence-electron chi connectivity index (χ4n) is 3.05. The maximum absolute atomic E-state index is 12.5. The molecule has 26 heavy (non-hydrogen) atoms. The molecule has 0 saturated carbocycles. The van der Waals surface area contributed by atoms with Crippen molar-refractivity contribution in [3.8, 4) is 0 Å². The molecule has 2 aromatic carbocycles. The third-order valence-electron chi connectivity index (χ3n) is 4.34. The van der Waals surface area contributed by atoms with E-state index in [9.17, 15) is 4.79 Å². The van der Waals surface area contributed by atoms with E-state index in [2.05, 4.69) is 27.4 Å². The third-order valence-corrected chi connectivity index (χ3v) is 4.34. The highest BCUT2D eigenvalue weighted by Gasteiger charge is 2.11. The molecule has 0 saturated heterocycles. The Labute approximate surface area is 151 Å². The van der Waals surface area contributed by atoms with Crippen molar-refractivity contribution in [1.29, 1.82) is 0 Å². The van der Waals surface area contributed by atoms with Crippen molar-refractivity contribution < 1.29 is 4.79 Å². The molecule has 0 bridgehead atoms. The summed E-state index contributed by atoms with van der Waals surface area (Å²) in [4.78, 5) is 20.3. The zero-order valence-electron chi connectivity index (χ0n) is 14.4. The molecule has 2 heterocycles. The smallest absolute Gasteiger partial charge is 0.267 e. The van der Waals surface area contributed by atoms with Gasteiger partial charge >= 0.3 is 0 Å². The van der Waals surface area contributed by atoms with Crippen molar-refractivity contribution in [3.05, 3.63) is 90.0 Å². The molecule has 5 heteroatoms. The highest BCUT2D eigenvalue weighted by Crippen LogP contribution is 2.11. The molecule has 0 fully saturated rings. The second-order valence-electron chi connectivity index (χ2n) is 6.21. The van der Waals surface area contributed by atoms with Crippen LogP contribution in [0.15, 0.2) is 72.9 Å². The van der Waals surface area contributed by atoms with Crippen LogP contribution in [0.5, 0.6) is 0 Å². The summed E-state index contributed by atoms with van der Waals surface area (Å²) in [7, 11) is 0. The minimum Gasteiger partial charge on any atom is -0.350 e. The molecular formula is C21H20N4O. The van der Waals surface area contributed by atoms with Gasteiger partial charge in [-0.05, 0) is 29.8 Å². The lowest BCUT2D eigenvalue weighted by atomic mass is 10.2. The molecule has 130 valence electrons. The number of aromatic nitrogens is 3. The van der Waals surface area contributed by atoms with Crippen molar-refractivity contribution in [1.82, 2.24) is 19.9 Å². The number of amides is 1. The Hall–Kier alpha value is -3.34. The van der Waals surface area contributed by atoms with Crippen LogP contribution in [0.2, 0.25) is 0 Å². The van der Waals surface area contributed by atoms with Gasteiger partial charge in [0.15, 0.2) is 0 Å². The summed E-state index contributed by atoms with van der Waals surface area (Å²) in [5, 5.41) is 2.98. The molecule has 2 aromatic heterocycles. The van der Waals surface area contributed by atoms with Crippen LogP contribution < -0.4 is 5.32 Å². The number of rotatable bonds is 6. The van der Waals surface area contributed by atoms with E-state index in [-0.39, 0.29) is 5.91 Å². The van der Waals surface area contributed by atoms with Crippen LogP contribution in [0.4, 0.5) is 0 Å². The monoisotopic (exact) mass is 344 g/mol. The van der Waals surface area contributed by atoms with Crippen molar-refractivity contribution in [2.24, 2.45) is 0 Å². The van der Waals surface area contributed by atoms with Gasteiger partial charge in [0.2, 0.25) is 0 Å². The number of benzene rings is 2. The first-order valence-corrected chi connectivity index (χ1v) is 8.70. The molecular weight excluding hydrogens is 324 g/mol. The van der Waals surface area contributed by atoms with Crippen LogP contribution in [-0.2, 0) is 13.0 Å².